The van der Waals surface area contributed by atoms with E-state index in [-0.39, 0.29) is 17.9 Å². The van der Waals surface area contributed by atoms with Gasteiger partial charge >= 0.3 is 5.97 Å². The molecule has 1 aromatic heterocycles. The van der Waals surface area contributed by atoms with Gasteiger partial charge in [0.25, 0.3) is 11.6 Å². The van der Waals surface area contributed by atoms with Crippen LogP contribution in [0.2, 0.25) is 0 Å². The summed E-state index contributed by atoms with van der Waals surface area (Å²) in [5, 5.41) is 21.7. The minimum absolute atomic E-state index is 0.0695. The van der Waals surface area contributed by atoms with E-state index in [1.807, 2.05) is 0 Å². The molecule has 114 valence electrons. The summed E-state index contributed by atoms with van der Waals surface area (Å²) < 4.78 is 1.30. The normalized spacial score (nSPS) is 11.7. The van der Waals surface area contributed by atoms with E-state index < -0.39 is 35.2 Å². The van der Waals surface area contributed by atoms with E-state index in [0.717, 1.165) is 6.07 Å². The molecule has 1 unspecified atom stereocenters. The molecule has 2 amide bonds. The first-order chi connectivity index (χ1) is 9.76. The Morgan fingerprint density at radius 1 is 1.52 bits per heavy atom. The van der Waals surface area contributed by atoms with Crippen LogP contribution >= 0.6 is 0 Å². The van der Waals surface area contributed by atoms with Crippen LogP contribution in [0.5, 0.6) is 0 Å². The predicted octanol–water partition coefficient (Wildman–Crippen LogP) is -0.525. The number of amides is 2. The van der Waals surface area contributed by atoms with Crippen LogP contribution in [0.25, 0.3) is 0 Å². The van der Waals surface area contributed by atoms with Crippen LogP contribution in [0.1, 0.15) is 23.8 Å². The zero-order chi connectivity index (χ0) is 16.2. The maximum Gasteiger partial charge on any atom is 0.326 e. The molecule has 10 nitrogen and oxygen atoms in total. The molecule has 10 heteroatoms. The number of aliphatic carboxylic acids is 1. The molecule has 1 atom stereocenters. The van der Waals surface area contributed by atoms with Crippen molar-refractivity contribution in [2.24, 2.45) is 5.73 Å². The average Bonchev–Trinajstić information content (AvgIpc) is 2.81. The molecular formula is C11H14N4O6. The molecule has 0 aliphatic carbocycles. The molecule has 0 saturated carbocycles. The number of hydrogen-bond donors (Lipinski definition) is 3. The number of aryl methyl sites for hydroxylation is 1. The van der Waals surface area contributed by atoms with Gasteiger partial charge in [-0.25, -0.2) is 4.79 Å². The van der Waals surface area contributed by atoms with Crippen molar-refractivity contribution in [3.05, 3.63) is 28.1 Å². The van der Waals surface area contributed by atoms with E-state index in [1.165, 1.54) is 10.8 Å². The fourth-order valence-electron chi connectivity index (χ4n) is 1.68. The van der Waals surface area contributed by atoms with Gasteiger partial charge in [-0.3, -0.25) is 19.7 Å². The third-order valence-electron chi connectivity index (χ3n) is 2.68. The lowest BCUT2D eigenvalue weighted by Crippen LogP contribution is -2.43. The summed E-state index contributed by atoms with van der Waals surface area (Å²) >= 11 is 0. The maximum atomic E-state index is 12.0. The molecule has 21 heavy (non-hydrogen) atoms. The lowest BCUT2D eigenvalue weighted by Gasteiger charge is -2.13. The van der Waals surface area contributed by atoms with E-state index in [9.17, 15) is 24.5 Å². The van der Waals surface area contributed by atoms with Crippen molar-refractivity contribution < 1.29 is 24.4 Å². The summed E-state index contributed by atoms with van der Waals surface area (Å²) in [6, 6.07) is -0.462. The highest BCUT2D eigenvalue weighted by atomic mass is 16.6. The number of rotatable bonds is 7. The summed E-state index contributed by atoms with van der Waals surface area (Å²) in [4.78, 5) is 43.7. The molecule has 4 N–H and O–H groups in total. The summed E-state index contributed by atoms with van der Waals surface area (Å²) in [7, 11) is 0. The fourth-order valence-corrected chi connectivity index (χ4v) is 1.68. The monoisotopic (exact) mass is 298 g/mol. The van der Waals surface area contributed by atoms with Gasteiger partial charge in [-0.2, -0.15) is 0 Å². The van der Waals surface area contributed by atoms with Crippen molar-refractivity contribution in [1.29, 1.82) is 0 Å². The Morgan fingerprint density at radius 3 is 2.57 bits per heavy atom. The van der Waals surface area contributed by atoms with Gasteiger partial charge in [-0.05, 0) is 6.92 Å². The Bertz CT molecular complexity index is 594. The van der Waals surface area contributed by atoms with Crippen LogP contribution in [0.4, 0.5) is 5.69 Å². The second kappa shape index (κ2) is 6.50. The van der Waals surface area contributed by atoms with Gasteiger partial charge in [-0.15, -0.1) is 0 Å². The van der Waals surface area contributed by atoms with E-state index in [4.69, 9.17) is 10.8 Å². The third-order valence-corrected chi connectivity index (χ3v) is 2.68. The van der Waals surface area contributed by atoms with E-state index in [0.29, 0.717) is 0 Å². The lowest BCUT2D eigenvalue weighted by molar-refractivity contribution is -0.384. The van der Waals surface area contributed by atoms with Gasteiger partial charge in [0.2, 0.25) is 5.91 Å². The van der Waals surface area contributed by atoms with Crippen LogP contribution in [-0.4, -0.2) is 38.4 Å². The van der Waals surface area contributed by atoms with Gasteiger partial charge in [0.1, 0.15) is 11.7 Å². The molecule has 0 fully saturated rings. The van der Waals surface area contributed by atoms with Crippen molar-refractivity contribution in [3.8, 4) is 0 Å². The maximum absolute atomic E-state index is 12.0. The van der Waals surface area contributed by atoms with Crippen LogP contribution in [-0.2, 0) is 16.1 Å². The second-order valence-electron chi connectivity index (χ2n) is 4.16. The molecular weight excluding hydrogens is 284 g/mol. The zero-order valence-electron chi connectivity index (χ0n) is 11.1. The molecule has 1 heterocycles. The van der Waals surface area contributed by atoms with Crippen molar-refractivity contribution in [3.63, 3.8) is 0 Å². The number of carboxylic acids is 1. The predicted molar refractivity (Wildman–Crippen MR) is 69.5 cm³/mol. The smallest absolute Gasteiger partial charge is 0.326 e. The number of hydrogen-bond acceptors (Lipinski definition) is 5. The van der Waals surface area contributed by atoms with Crippen molar-refractivity contribution in [1.82, 2.24) is 9.88 Å². The number of carbonyl (C=O) groups is 3. The largest absolute Gasteiger partial charge is 0.480 e. The molecule has 0 aromatic carbocycles. The molecule has 0 aliphatic heterocycles. The minimum Gasteiger partial charge on any atom is -0.480 e. The van der Waals surface area contributed by atoms with Gasteiger partial charge in [-0.1, -0.05) is 0 Å². The molecule has 0 aliphatic rings. The van der Waals surface area contributed by atoms with Crippen LogP contribution in [0.3, 0.4) is 0 Å². The quantitative estimate of drug-likeness (QED) is 0.453. The summed E-state index contributed by atoms with van der Waals surface area (Å²) in [5.41, 5.74) is 4.54. The summed E-state index contributed by atoms with van der Waals surface area (Å²) in [5.74, 6) is -3.15. The van der Waals surface area contributed by atoms with E-state index >= 15 is 0 Å². The molecule has 0 spiro atoms. The van der Waals surface area contributed by atoms with Crippen molar-refractivity contribution in [2.75, 3.05) is 0 Å². The Morgan fingerprint density at radius 2 is 2.14 bits per heavy atom. The number of nitrogens with zero attached hydrogens (tertiary/aromatic N) is 2. The van der Waals surface area contributed by atoms with E-state index in [2.05, 4.69) is 5.32 Å². The highest BCUT2D eigenvalue weighted by Gasteiger charge is 2.25. The lowest BCUT2D eigenvalue weighted by atomic mass is 10.2. The molecule has 1 rings (SSSR count). The SMILES string of the molecule is CCn1cc([N+](=O)[O-])cc1C(=O)NC(CC(N)=O)C(=O)O. The third kappa shape index (κ3) is 4.03. The number of carboxylic acid groups (broad SMARTS) is 1. The van der Waals surface area contributed by atoms with Gasteiger partial charge in [0.15, 0.2) is 0 Å². The number of nitro groups is 1. The standard InChI is InChI=1S/C11H14N4O6/c1-2-14-5-6(15(20)21)3-8(14)10(17)13-7(11(18)19)4-9(12)16/h3,5,7H,2,4H2,1H3,(H2,12,16)(H,13,17)(H,18,19). The topological polar surface area (TPSA) is 158 Å². The molecule has 0 radical (unpaired) electrons. The Kier molecular flexibility index (Phi) is 5.00. The number of aromatic nitrogens is 1. The average molecular weight is 298 g/mol. The van der Waals surface area contributed by atoms with Crippen LogP contribution in [0.15, 0.2) is 12.3 Å². The van der Waals surface area contributed by atoms with Gasteiger partial charge in [0, 0.05) is 12.6 Å². The summed E-state index contributed by atoms with van der Waals surface area (Å²) in [6.07, 6.45) is 0.592. The Balaban J connectivity index is 2.99. The Hall–Kier alpha value is -2.91. The second-order valence-corrected chi connectivity index (χ2v) is 4.16. The molecule has 0 bridgehead atoms. The highest BCUT2D eigenvalue weighted by Crippen LogP contribution is 2.16. The minimum atomic E-state index is -1.49. The highest BCUT2D eigenvalue weighted by molar-refractivity contribution is 5.97. The summed E-state index contributed by atoms with van der Waals surface area (Å²) in [6.45, 7) is 1.95. The fraction of sp³-hybridized carbons (Fsp3) is 0.364. The number of primary amides is 1. The number of carbonyl (C=O) groups excluding carboxylic acids is 2. The van der Waals surface area contributed by atoms with Crippen LogP contribution in [0, 0.1) is 10.1 Å². The zero-order valence-corrected chi connectivity index (χ0v) is 11.1. The molecule has 0 saturated heterocycles. The van der Waals surface area contributed by atoms with Gasteiger partial charge < -0.3 is 20.7 Å². The Labute approximate surface area is 118 Å². The van der Waals surface area contributed by atoms with Crippen molar-refractivity contribution in [2.45, 2.75) is 25.9 Å². The number of nitrogens with two attached hydrogens (primary N) is 1. The first kappa shape index (κ1) is 16.1. The van der Waals surface area contributed by atoms with Gasteiger partial charge in [0.05, 0.1) is 17.5 Å². The van der Waals surface area contributed by atoms with E-state index in [1.54, 1.807) is 6.92 Å². The first-order valence-electron chi connectivity index (χ1n) is 5.92. The van der Waals surface area contributed by atoms with Crippen LogP contribution < -0.4 is 11.1 Å². The molecule has 1 aromatic rings. The number of nitrogens with one attached hydrogen (secondary N) is 1. The first-order valence-corrected chi connectivity index (χ1v) is 5.92. The van der Waals surface area contributed by atoms with Crippen molar-refractivity contribution >= 4 is 23.5 Å².